The second-order valence-electron chi connectivity index (χ2n) is 4.58. The van der Waals surface area contributed by atoms with E-state index in [9.17, 15) is 13.2 Å². The third-order valence-corrected chi connectivity index (χ3v) is 2.67. The van der Waals surface area contributed by atoms with E-state index in [0.717, 1.165) is 6.07 Å². The van der Waals surface area contributed by atoms with Crippen molar-refractivity contribution in [1.82, 2.24) is 4.98 Å². The molecule has 0 aliphatic carbocycles. The number of halogens is 3. The fourth-order valence-electron chi connectivity index (χ4n) is 1.20. The molecule has 6 heteroatoms. The highest BCUT2D eigenvalue weighted by atomic mass is 19.4. The Kier molecular flexibility index (Phi) is 4.21. The van der Waals surface area contributed by atoms with E-state index in [1.54, 1.807) is 13.8 Å². The van der Waals surface area contributed by atoms with E-state index in [0.29, 0.717) is 12.0 Å². The topological polar surface area (TPSA) is 48.1 Å². The Balaban J connectivity index is 3.15. The van der Waals surface area contributed by atoms with Crippen molar-refractivity contribution in [2.45, 2.75) is 45.5 Å². The normalized spacial score (nSPS) is 12.6. The molecule has 3 nitrogen and oxygen atoms in total. The predicted octanol–water partition coefficient (Wildman–Crippen LogP) is 3.13. The lowest BCUT2D eigenvalue weighted by Crippen LogP contribution is -2.28. The van der Waals surface area contributed by atoms with Crippen molar-refractivity contribution in [2.75, 3.05) is 0 Å². The molecule has 0 unspecified atom stereocenters. The summed E-state index contributed by atoms with van der Waals surface area (Å²) in [6, 6.07) is 2.21. The van der Waals surface area contributed by atoms with Gasteiger partial charge >= 0.3 is 6.18 Å². The average Bonchev–Trinajstić information content (AvgIpc) is 2.27. The van der Waals surface area contributed by atoms with Gasteiger partial charge in [0.15, 0.2) is 0 Å². The zero-order valence-corrected chi connectivity index (χ0v) is 10.6. The van der Waals surface area contributed by atoms with E-state index >= 15 is 0 Å². The Morgan fingerprint density at radius 2 is 1.89 bits per heavy atom. The highest BCUT2D eigenvalue weighted by Gasteiger charge is 2.33. The molecule has 1 heterocycles. The summed E-state index contributed by atoms with van der Waals surface area (Å²) in [5.74, 6) is -0.0424. The number of rotatable bonds is 4. The van der Waals surface area contributed by atoms with E-state index in [4.69, 9.17) is 10.5 Å². The fourth-order valence-corrected chi connectivity index (χ4v) is 1.20. The molecule has 1 aromatic heterocycles. The van der Waals surface area contributed by atoms with Crippen molar-refractivity contribution >= 4 is 0 Å². The standard InChI is InChI=1S/C12H17F3N2O/c1-4-11(2,3)18-10-8(7-16)5-6-9(17-10)12(13,14)15/h5-6H,4,7,16H2,1-3H3. The minimum Gasteiger partial charge on any atom is -0.471 e. The van der Waals surface area contributed by atoms with Gasteiger partial charge in [0.25, 0.3) is 0 Å². The molecule has 0 radical (unpaired) electrons. The first-order chi connectivity index (χ1) is 8.19. The summed E-state index contributed by atoms with van der Waals surface area (Å²) in [7, 11) is 0. The molecule has 0 aliphatic heterocycles. The van der Waals surface area contributed by atoms with Crippen molar-refractivity contribution in [1.29, 1.82) is 0 Å². The van der Waals surface area contributed by atoms with Crippen LogP contribution in [0.25, 0.3) is 0 Å². The van der Waals surface area contributed by atoms with Gasteiger partial charge in [-0.1, -0.05) is 13.0 Å². The molecule has 0 amide bonds. The van der Waals surface area contributed by atoms with Gasteiger partial charge in [0.05, 0.1) is 0 Å². The summed E-state index contributed by atoms with van der Waals surface area (Å²) in [5.41, 5.74) is 4.38. The zero-order chi connectivity index (χ0) is 14.0. The van der Waals surface area contributed by atoms with Crippen LogP contribution in [0.15, 0.2) is 12.1 Å². The molecule has 2 N–H and O–H groups in total. The molecule has 0 saturated carbocycles. The third kappa shape index (κ3) is 3.60. The molecule has 0 spiro atoms. The summed E-state index contributed by atoms with van der Waals surface area (Å²) in [4.78, 5) is 3.52. The molecule has 0 atom stereocenters. The van der Waals surface area contributed by atoms with E-state index in [2.05, 4.69) is 4.98 Å². The number of nitrogens with two attached hydrogens (primary N) is 1. The maximum atomic E-state index is 12.6. The van der Waals surface area contributed by atoms with Gasteiger partial charge in [0.2, 0.25) is 5.88 Å². The summed E-state index contributed by atoms with van der Waals surface area (Å²) >= 11 is 0. The zero-order valence-electron chi connectivity index (χ0n) is 10.6. The van der Waals surface area contributed by atoms with Crippen LogP contribution in [-0.2, 0) is 12.7 Å². The first-order valence-electron chi connectivity index (χ1n) is 5.66. The van der Waals surface area contributed by atoms with Gasteiger partial charge in [-0.15, -0.1) is 0 Å². The van der Waals surface area contributed by atoms with E-state index in [1.165, 1.54) is 6.07 Å². The molecular formula is C12H17F3N2O. The molecule has 0 saturated heterocycles. The molecular weight excluding hydrogens is 245 g/mol. The van der Waals surface area contributed by atoms with Crippen LogP contribution in [-0.4, -0.2) is 10.6 Å². The summed E-state index contributed by atoms with van der Waals surface area (Å²) in [5, 5.41) is 0. The monoisotopic (exact) mass is 262 g/mol. The lowest BCUT2D eigenvalue weighted by molar-refractivity contribution is -0.141. The van der Waals surface area contributed by atoms with Crippen LogP contribution in [0.5, 0.6) is 5.88 Å². The smallest absolute Gasteiger partial charge is 0.433 e. The Bertz CT molecular complexity index is 416. The molecule has 0 aromatic carbocycles. The number of pyridine rings is 1. The van der Waals surface area contributed by atoms with Gasteiger partial charge in [-0.3, -0.25) is 0 Å². The summed E-state index contributed by atoms with van der Waals surface area (Å²) in [6.45, 7) is 5.54. The number of hydrogen-bond donors (Lipinski definition) is 1. The molecule has 0 bridgehead atoms. The molecule has 1 rings (SSSR count). The van der Waals surface area contributed by atoms with E-state index in [-0.39, 0.29) is 12.4 Å². The summed E-state index contributed by atoms with van der Waals surface area (Å²) < 4.78 is 43.2. The predicted molar refractivity (Wildman–Crippen MR) is 62.1 cm³/mol. The molecule has 0 aliphatic rings. The largest absolute Gasteiger partial charge is 0.471 e. The minimum absolute atomic E-state index is 0.0424. The van der Waals surface area contributed by atoms with Gasteiger partial charge in [-0.2, -0.15) is 13.2 Å². The fraction of sp³-hybridized carbons (Fsp3) is 0.583. The van der Waals surface area contributed by atoms with Crippen LogP contribution in [0.4, 0.5) is 13.2 Å². The molecule has 1 aromatic rings. The molecule has 102 valence electrons. The SMILES string of the molecule is CCC(C)(C)Oc1nc(C(F)(F)F)ccc1CN. The van der Waals surface area contributed by atoms with Gasteiger partial charge in [-0.25, -0.2) is 4.98 Å². The van der Waals surface area contributed by atoms with E-state index in [1.807, 2.05) is 6.92 Å². The van der Waals surface area contributed by atoms with Crippen LogP contribution in [0.1, 0.15) is 38.4 Å². The second-order valence-corrected chi connectivity index (χ2v) is 4.58. The first-order valence-corrected chi connectivity index (χ1v) is 5.66. The van der Waals surface area contributed by atoms with Crippen molar-refractivity contribution in [3.63, 3.8) is 0 Å². The maximum absolute atomic E-state index is 12.6. The highest BCUT2D eigenvalue weighted by molar-refractivity contribution is 5.29. The second kappa shape index (κ2) is 5.14. The van der Waals surface area contributed by atoms with Gasteiger partial charge in [-0.05, 0) is 26.3 Å². The average molecular weight is 262 g/mol. The van der Waals surface area contributed by atoms with Crippen LogP contribution in [0.3, 0.4) is 0 Å². The Labute approximate surface area is 104 Å². The van der Waals surface area contributed by atoms with Crippen LogP contribution in [0.2, 0.25) is 0 Å². The lowest BCUT2D eigenvalue weighted by atomic mass is 10.1. The van der Waals surface area contributed by atoms with E-state index < -0.39 is 17.5 Å². The summed E-state index contributed by atoms with van der Waals surface area (Å²) in [6.07, 6.45) is -3.84. The quantitative estimate of drug-likeness (QED) is 0.906. The van der Waals surface area contributed by atoms with Gasteiger partial charge in [0.1, 0.15) is 11.3 Å². The number of nitrogens with zero attached hydrogens (tertiary/aromatic N) is 1. The lowest BCUT2D eigenvalue weighted by Gasteiger charge is -2.25. The number of aromatic nitrogens is 1. The van der Waals surface area contributed by atoms with Crippen molar-refractivity contribution in [2.24, 2.45) is 5.73 Å². The van der Waals surface area contributed by atoms with Gasteiger partial charge < -0.3 is 10.5 Å². The third-order valence-electron chi connectivity index (χ3n) is 2.67. The van der Waals surface area contributed by atoms with Crippen LogP contribution in [0, 0.1) is 0 Å². The number of alkyl halides is 3. The van der Waals surface area contributed by atoms with Crippen molar-refractivity contribution in [3.8, 4) is 5.88 Å². The highest BCUT2D eigenvalue weighted by Crippen LogP contribution is 2.31. The van der Waals surface area contributed by atoms with Crippen molar-refractivity contribution in [3.05, 3.63) is 23.4 Å². The Hall–Kier alpha value is -1.30. The number of hydrogen-bond acceptors (Lipinski definition) is 3. The Morgan fingerprint density at radius 1 is 1.28 bits per heavy atom. The van der Waals surface area contributed by atoms with Crippen LogP contribution >= 0.6 is 0 Å². The van der Waals surface area contributed by atoms with Gasteiger partial charge in [0, 0.05) is 12.1 Å². The van der Waals surface area contributed by atoms with Crippen molar-refractivity contribution < 1.29 is 17.9 Å². The maximum Gasteiger partial charge on any atom is 0.433 e. The number of ether oxygens (including phenoxy) is 1. The molecule has 18 heavy (non-hydrogen) atoms. The Morgan fingerprint density at radius 3 is 2.33 bits per heavy atom. The minimum atomic E-state index is -4.48. The first kappa shape index (κ1) is 14.8. The molecule has 0 fully saturated rings. The van der Waals surface area contributed by atoms with Crippen LogP contribution < -0.4 is 10.5 Å².